The number of aromatic nitrogens is 2. The molecule has 25 heavy (non-hydrogen) atoms. The lowest BCUT2D eigenvalue weighted by Crippen LogP contribution is -1.98. The van der Waals surface area contributed by atoms with Crippen molar-refractivity contribution in [1.82, 2.24) is 9.78 Å². The number of hydrogen-bond acceptors (Lipinski definition) is 1. The smallest absolute Gasteiger partial charge is 0.275 e. The third-order valence-corrected chi connectivity index (χ3v) is 3.84. The third kappa shape index (κ3) is 3.40. The van der Waals surface area contributed by atoms with Crippen molar-refractivity contribution in [3.63, 3.8) is 0 Å². The Bertz CT molecular complexity index is 895. The summed E-state index contributed by atoms with van der Waals surface area (Å²) in [7, 11) is 1.53. The Morgan fingerprint density at radius 2 is 1.64 bits per heavy atom. The summed E-state index contributed by atoms with van der Waals surface area (Å²) in [5.74, 6) is -4.16. The van der Waals surface area contributed by atoms with Crippen molar-refractivity contribution >= 4 is 0 Å². The van der Waals surface area contributed by atoms with Crippen LogP contribution in [0.25, 0.3) is 11.1 Å². The number of hydrogen-bond donors (Lipinski definition) is 0. The summed E-state index contributed by atoms with van der Waals surface area (Å²) in [4.78, 5) is 0. The molecular weight excluding hydrogens is 339 g/mol. The second-order valence-electron chi connectivity index (χ2n) is 5.60. The molecule has 0 unspecified atom stereocenters. The largest absolute Gasteiger partial charge is 0.282 e. The highest BCUT2D eigenvalue weighted by atomic mass is 19.3. The highest BCUT2D eigenvalue weighted by molar-refractivity contribution is 5.68. The summed E-state index contributed by atoms with van der Waals surface area (Å²) in [6.07, 6.45) is -1.15. The van der Waals surface area contributed by atoms with Crippen LogP contribution in [0.5, 0.6) is 0 Å². The van der Waals surface area contributed by atoms with Crippen LogP contribution in [0.4, 0.5) is 22.0 Å². The van der Waals surface area contributed by atoms with Crippen LogP contribution in [0.15, 0.2) is 42.6 Å². The van der Waals surface area contributed by atoms with Gasteiger partial charge in [0.25, 0.3) is 6.43 Å². The normalized spacial score (nSPS) is 11.3. The van der Waals surface area contributed by atoms with Crippen LogP contribution >= 0.6 is 0 Å². The number of nitrogens with zero attached hydrogens (tertiary/aromatic N) is 2. The van der Waals surface area contributed by atoms with E-state index in [1.807, 2.05) is 0 Å². The summed E-state index contributed by atoms with van der Waals surface area (Å²) < 4.78 is 67.7. The Labute approximate surface area is 140 Å². The summed E-state index contributed by atoms with van der Waals surface area (Å²) in [6.45, 7) is 0. The van der Waals surface area contributed by atoms with Crippen molar-refractivity contribution in [2.75, 3.05) is 0 Å². The first-order chi connectivity index (χ1) is 11.9. The first-order valence-corrected chi connectivity index (χ1v) is 7.40. The molecule has 130 valence electrons. The van der Waals surface area contributed by atoms with Gasteiger partial charge < -0.3 is 0 Å². The van der Waals surface area contributed by atoms with E-state index in [4.69, 9.17) is 0 Å². The SMILES string of the molecule is Cn1cc(Cc2ccccc2-c2cc(F)c(F)c(F)c2)c(C(F)F)n1. The average Bonchev–Trinajstić information content (AvgIpc) is 2.93. The molecule has 0 saturated carbocycles. The minimum Gasteiger partial charge on any atom is -0.275 e. The van der Waals surface area contributed by atoms with Crippen LogP contribution in [0.1, 0.15) is 23.2 Å². The monoisotopic (exact) mass is 352 g/mol. The van der Waals surface area contributed by atoms with E-state index >= 15 is 0 Å². The van der Waals surface area contributed by atoms with Crippen molar-refractivity contribution in [3.8, 4) is 11.1 Å². The van der Waals surface area contributed by atoms with Gasteiger partial charge in [-0.3, -0.25) is 4.68 Å². The van der Waals surface area contributed by atoms with Crippen molar-refractivity contribution in [3.05, 3.63) is 76.9 Å². The van der Waals surface area contributed by atoms with Crippen LogP contribution in [-0.4, -0.2) is 9.78 Å². The summed E-state index contributed by atoms with van der Waals surface area (Å²) in [5, 5.41) is 3.75. The number of aryl methyl sites for hydroxylation is 1. The van der Waals surface area contributed by atoms with Gasteiger partial charge in [-0.1, -0.05) is 24.3 Å². The lowest BCUT2D eigenvalue weighted by atomic mass is 9.95. The number of rotatable bonds is 4. The van der Waals surface area contributed by atoms with Crippen LogP contribution in [0.2, 0.25) is 0 Å². The van der Waals surface area contributed by atoms with Gasteiger partial charge in [0.05, 0.1) is 0 Å². The number of benzene rings is 2. The molecular formula is C18H13F5N2. The fraction of sp³-hybridized carbons (Fsp3) is 0.167. The summed E-state index contributed by atoms with van der Waals surface area (Å²) >= 11 is 0. The molecule has 0 fully saturated rings. The predicted octanol–water partition coefficient (Wildman–Crippen LogP) is 5.03. The van der Waals surface area contributed by atoms with Gasteiger partial charge in [-0.25, -0.2) is 22.0 Å². The van der Waals surface area contributed by atoms with Crippen LogP contribution in [-0.2, 0) is 13.5 Å². The summed E-state index contributed by atoms with van der Waals surface area (Å²) in [5.41, 5.74) is 1.11. The molecule has 0 N–H and O–H groups in total. The summed E-state index contributed by atoms with van der Waals surface area (Å²) in [6, 6.07) is 8.36. The molecule has 0 saturated heterocycles. The zero-order chi connectivity index (χ0) is 18.1. The molecule has 0 atom stereocenters. The average molecular weight is 352 g/mol. The van der Waals surface area contributed by atoms with Gasteiger partial charge in [0, 0.05) is 25.2 Å². The fourth-order valence-corrected chi connectivity index (χ4v) is 2.75. The Kier molecular flexibility index (Phi) is 4.57. The minimum atomic E-state index is -2.73. The van der Waals surface area contributed by atoms with E-state index in [-0.39, 0.29) is 17.7 Å². The van der Waals surface area contributed by atoms with Gasteiger partial charge in [-0.2, -0.15) is 5.10 Å². The highest BCUT2D eigenvalue weighted by Gasteiger charge is 2.19. The minimum absolute atomic E-state index is 0.101. The molecule has 0 radical (unpaired) electrons. The van der Waals surface area contributed by atoms with E-state index in [1.54, 1.807) is 24.3 Å². The standard InChI is InChI=1S/C18H13F5N2/c1-25-9-12(17(24-25)18(22)23)6-10-4-2-3-5-13(10)11-7-14(19)16(21)15(20)8-11/h2-5,7-9,18H,6H2,1H3. The maximum Gasteiger partial charge on any atom is 0.282 e. The molecule has 0 bridgehead atoms. The third-order valence-electron chi connectivity index (χ3n) is 3.84. The maximum absolute atomic E-state index is 13.5. The maximum atomic E-state index is 13.5. The van der Waals surface area contributed by atoms with E-state index < -0.39 is 23.9 Å². The van der Waals surface area contributed by atoms with Gasteiger partial charge in [0.15, 0.2) is 17.5 Å². The van der Waals surface area contributed by atoms with Gasteiger partial charge in [0.1, 0.15) is 5.69 Å². The second kappa shape index (κ2) is 6.66. The fourth-order valence-electron chi connectivity index (χ4n) is 2.75. The molecule has 2 aromatic carbocycles. The quantitative estimate of drug-likeness (QED) is 0.475. The Balaban J connectivity index is 2.06. The van der Waals surface area contributed by atoms with E-state index in [1.165, 1.54) is 17.9 Å². The number of halogens is 5. The van der Waals surface area contributed by atoms with E-state index in [0.717, 1.165) is 12.1 Å². The van der Waals surface area contributed by atoms with Gasteiger partial charge >= 0.3 is 0 Å². The highest BCUT2D eigenvalue weighted by Crippen LogP contribution is 2.30. The van der Waals surface area contributed by atoms with Gasteiger partial charge in [-0.05, 0) is 28.8 Å². The molecule has 1 heterocycles. The lowest BCUT2D eigenvalue weighted by Gasteiger charge is -2.11. The predicted molar refractivity (Wildman–Crippen MR) is 82.7 cm³/mol. The van der Waals surface area contributed by atoms with E-state index in [9.17, 15) is 22.0 Å². The molecule has 0 amide bonds. The molecule has 0 aliphatic carbocycles. The number of alkyl halides is 2. The van der Waals surface area contributed by atoms with Crippen molar-refractivity contribution < 1.29 is 22.0 Å². The van der Waals surface area contributed by atoms with Crippen molar-refractivity contribution in [2.24, 2.45) is 7.05 Å². The molecule has 0 aliphatic rings. The molecule has 2 nitrogen and oxygen atoms in total. The van der Waals surface area contributed by atoms with Crippen molar-refractivity contribution in [2.45, 2.75) is 12.8 Å². The zero-order valence-electron chi connectivity index (χ0n) is 13.1. The topological polar surface area (TPSA) is 17.8 Å². The Hall–Kier alpha value is -2.70. The first-order valence-electron chi connectivity index (χ1n) is 7.40. The zero-order valence-corrected chi connectivity index (χ0v) is 13.1. The van der Waals surface area contributed by atoms with Crippen molar-refractivity contribution in [1.29, 1.82) is 0 Å². The molecule has 3 rings (SSSR count). The van der Waals surface area contributed by atoms with E-state index in [2.05, 4.69) is 5.10 Å². The van der Waals surface area contributed by atoms with Gasteiger partial charge in [0.2, 0.25) is 0 Å². The molecule has 0 aliphatic heterocycles. The van der Waals surface area contributed by atoms with E-state index in [0.29, 0.717) is 16.7 Å². The molecule has 0 spiro atoms. The second-order valence-corrected chi connectivity index (χ2v) is 5.60. The van der Waals surface area contributed by atoms with Gasteiger partial charge in [-0.15, -0.1) is 0 Å². The lowest BCUT2D eigenvalue weighted by molar-refractivity contribution is 0.144. The Morgan fingerprint density at radius 1 is 1.00 bits per heavy atom. The van der Waals surface area contributed by atoms with Crippen LogP contribution in [0.3, 0.4) is 0 Å². The Morgan fingerprint density at radius 3 is 2.28 bits per heavy atom. The molecule has 3 aromatic rings. The molecule has 1 aromatic heterocycles. The first kappa shape index (κ1) is 17.1. The van der Waals surface area contributed by atoms with Crippen LogP contribution in [0, 0.1) is 17.5 Å². The van der Waals surface area contributed by atoms with Crippen LogP contribution < -0.4 is 0 Å². The molecule has 7 heteroatoms.